The van der Waals surface area contributed by atoms with Crippen molar-refractivity contribution in [2.45, 2.75) is 19.4 Å². The highest BCUT2D eigenvalue weighted by atomic mass is 16.5. The quantitative estimate of drug-likeness (QED) is 0.813. The molecule has 112 valence electrons. The van der Waals surface area contributed by atoms with E-state index in [2.05, 4.69) is 10.1 Å². The van der Waals surface area contributed by atoms with Gasteiger partial charge in [0.1, 0.15) is 6.04 Å². The van der Waals surface area contributed by atoms with Crippen LogP contribution in [0, 0.1) is 0 Å². The normalized spacial score (nSPS) is 15.1. The Kier molecular flexibility index (Phi) is 4.57. The van der Waals surface area contributed by atoms with Crippen LogP contribution in [0.4, 0.5) is 0 Å². The molecule has 21 heavy (non-hydrogen) atoms. The standard InChI is InChI=1S/C15H18N2O4/c1-10(18)16-13(15(20)21-2)9-17-8-7-11-5-3-4-6-12(11)14(17)19/h3-6,13H,7-9H2,1-2H3,(H,16,18). The zero-order valence-corrected chi connectivity index (χ0v) is 12.1. The van der Waals surface area contributed by atoms with Gasteiger partial charge in [-0.1, -0.05) is 18.2 Å². The summed E-state index contributed by atoms with van der Waals surface area (Å²) in [4.78, 5) is 36.9. The van der Waals surface area contributed by atoms with Gasteiger partial charge in [0.05, 0.1) is 13.7 Å². The summed E-state index contributed by atoms with van der Waals surface area (Å²) in [5.74, 6) is -1.02. The van der Waals surface area contributed by atoms with Gasteiger partial charge in [-0.3, -0.25) is 9.59 Å². The summed E-state index contributed by atoms with van der Waals surface area (Å²) in [6.45, 7) is 1.95. The van der Waals surface area contributed by atoms with Gasteiger partial charge < -0.3 is 15.0 Å². The van der Waals surface area contributed by atoms with E-state index < -0.39 is 12.0 Å². The molecule has 0 aromatic heterocycles. The van der Waals surface area contributed by atoms with Crippen LogP contribution < -0.4 is 5.32 Å². The largest absolute Gasteiger partial charge is 0.467 e. The van der Waals surface area contributed by atoms with E-state index in [-0.39, 0.29) is 18.4 Å². The number of fused-ring (bicyclic) bond motifs is 1. The minimum atomic E-state index is -0.846. The van der Waals surface area contributed by atoms with E-state index in [1.165, 1.54) is 14.0 Å². The number of carbonyl (C=O) groups excluding carboxylic acids is 3. The molecule has 0 radical (unpaired) electrons. The molecule has 1 aliphatic rings. The second kappa shape index (κ2) is 6.39. The van der Waals surface area contributed by atoms with Crippen LogP contribution in [-0.4, -0.2) is 48.9 Å². The van der Waals surface area contributed by atoms with Gasteiger partial charge in [0.2, 0.25) is 5.91 Å². The van der Waals surface area contributed by atoms with Crippen molar-refractivity contribution >= 4 is 17.8 Å². The van der Waals surface area contributed by atoms with Gasteiger partial charge >= 0.3 is 5.97 Å². The Hall–Kier alpha value is -2.37. The number of ether oxygens (including phenoxy) is 1. The van der Waals surface area contributed by atoms with E-state index in [9.17, 15) is 14.4 Å². The average Bonchev–Trinajstić information content (AvgIpc) is 2.48. The molecule has 0 spiro atoms. The van der Waals surface area contributed by atoms with Crippen molar-refractivity contribution < 1.29 is 19.1 Å². The third-order valence-corrected chi connectivity index (χ3v) is 3.45. The van der Waals surface area contributed by atoms with Crippen molar-refractivity contribution in [2.75, 3.05) is 20.2 Å². The zero-order valence-electron chi connectivity index (χ0n) is 12.1. The van der Waals surface area contributed by atoms with Crippen LogP contribution in [0.5, 0.6) is 0 Å². The number of hydrogen-bond donors (Lipinski definition) is 1. The molecule has 1 aromatic carbocycles. The lowest BCUT2D eigenvalue weighted by atomic mass is 9.99. The summed E-state index contributed by atoms with van der Waals surface area (Å²) in [6, 6.07) is 6.56. The SMILES string of the molecule is COC(=O)C(CN1CCc2ccccc2C1=O)NC(C)=O. The molecule has 1 N–H and O–H groups in total. The van der Waals surface area contributed by atoms with Crippen molar-refractivity contribution in [1.29, 1.82) is 0 Å². The van der Waals surface area contributed by atoms with Crippen LogP contribution in [0.25, 0.3) is 0 Å². The Balaban J connectivity index is 2.13. The van der Waals surface area contributed by atoms with Gasteiger partial charge in [-0.15, -0.1) is 0 Å². The molecule has 1 aliphatic heterocycles. The molecule has 2 rings (SSSR count). The summed E-state index contributed by atoms with van der Waals surface area (Å²) in [6.07, 6.45) is 0.732. The average molecular weight is 290 g/mol. The smallest absolute Gasteiger partial charge is 0.330 e. The van der Waals surface area contributed by atoms with Crippen molar-refractivity contribution in [3.8, 4) is 0 Å². The molecule has 1 aromatic rings. The number of carbonyl (C=O) groups is 3. The summed E-state index contributed by atoms with van der Waals surface area (Å²) in [7, 11) is 1.25. The summed E-state index contributed by atoms with van der Waals surface area (Å²) >= 11 is 0. The first-order chi connectivity index (χ1) is 10.0. The van der Waals surface area contributed by atoms with Crippen LogP contribution in [0.3, 0.4) is 0 Å². The fourth-order valence-electron chi connectivity index (χ4n) is 2.44. The van der Waals surface area contributed by atoms with Gasteiger partial charge in [0.25, 0.3) is 5.91 Å². The molecule has 0 bridgehead atoms. The monoisotopic (exact) mass is 290 g/mol. The van der Waals surface area contributed by atoms with Gasteiger partial charge in [-0.25, -0.2) is 4.79 Å². The number of nitrogens with zero attached hydrogens (tertiary/aromatic N) is 1. The summed E-state index contributed by atoms with van der Waals surface area (Å²) in [5.41, 5.74) is 1.66. The number of hydrogen-bond acceptors (Lipinski definition) is 4. The first-order valence-electron chi connectivity index (χ1n) is 6.75. The van der Waals surface area contributed by atoms with E-state index in [4.69, 9.17) is 0 Å². The molecule has 0 saturated carbocycles. The number of rotatable bonds is 4. The van der Waals surface area contributed by atoms with Crippen molar-refractivity contribution in [1.82, 2.24) is 10.2 Å². The summed E-state index contributed by atoms with van der Waals surface area (Å²) < 4.78 is 4.67. The molecule has 0 saturated heterocycles. The van der Waals surface area contributed by atoms with E-state index in [1.54, 1.807) is 11.0 Å². The molecule has 2 amide bonds. The van der Waals surface area contributed by atoms with Crippen molar-refractivity contribution in [2.24, 2.45) is 0 Å². The third kappa shape index (κ3) is 3.39. The fourth-order valence-corrected chi connectivity index (χ4v) is 2.44. The molecule has 1 atom stereocenters. The lowest BCUT2D eigenvalue weighted by molar-refractivity contribution is -0.145. The number of methoxy groups -OCH3 is 1. The van der Waals surface area contributed by atoms with Crippen LogP contribution >= 0.6 is 0 Å². The minimum absolute atomic E-state index is 0.111. The van der Waals surface area contributed by atoms with Crippen LogP contribution in [0.15, 0.2) is 24.3 Å². The predicted octanol–water partition coefficient (Wildman–Crippen LogP) is 0.363. The Morgan fingerprint density at radius 1 is 1.38 bits per heavy atom. The molecule has 0 fully saturated rings. The maximum absolute atomic E-state index is 12.4. The highest BCUT2D eigenvalue weighted by molar-refractivity contribution is 5.97. The molecule has 1 unspecified atom stereocenters. The first-order valence-corrected chi connectivity index (χ1v) is 6.75. The maximum atomic E-state index is 12.4. The van der Waals surface area contributed by atoms with E-state index >= 15 is 0 Å². The zero-order chi connectivity index (χ0) is 15.4. The van der Waals surface area contributed by atoms with Gasteiger partial charge in [0, 0.05) is 19.0 Å². The molecule has 0 aliphatic carbocycles. The first kappa shape index (κ1) is 15.0. The van der Waals surface area contributed by atoms with Crippen LogP contribution in [0.1, 0.15) is 22.8 Å². The predicted molar refractivity (Wildman–Crippen MR) is 75.7 cm³/mol. The minimum Gasteiger partial charge on any atom is -0.467 e. The van der Waals surface area contributed by atoms with Gasteiger partial charge in [-0.2, -0.15) is 0 Å². The number of benzene rings is 1. The lowest BCUT2D eigenvalue weighted by Crippen LogP contribution is -2.51. The Bertz CT molecular complexity index is 571. The van der Waals surface area contributed by atoms with Crippen LogP contribution in [-0.2, 0) is 20.7 Å². The Morgan fingerprint density at radius 2 is 2.10 bits per heavy atom. The molecule has 6 heteroatoms. The van der Waals surface area contributed by atoms with Gasteiger partial charge in [0.15, 0.2) is 0 Å². The highest BCUT2D eigenvalue weighted by Crippen LogP contribution is 2.18. The Morgan fingerprint density at radius 3 is 2.76 bits per heavy atom. The van der Waals surface area contributed by atoms with Gasteiger partial charge in [-0.05, 0) is 18.1 Å². The van der Waals surface area contributed by atoms with Crippen molar-refractivity contribution in [3.05, 3.63) is 35.4 Å². The maximum Gasteiger partial charge on any atom is 0.330 e. The number of amides is 2. The third-order valence-electron chi connectivity index (χ3n) is 3.45. The second-order valence-corrected chi connectivity index (χ2v) is 4.93. The van der Waals surface area contributed by atoms with E-state index in [1.807, 2.05) is 18.2 Å². The van der Waals surface area contributed by atoms with E-state index in [0.717, 1.165) is 12.0 Å². The molecule has 6 nitrogen and oxygen atoms in total. The Labute approximate surface area is 123 Å². The fraction of sp³-hybridized carbons (Fsp3) is 0.400. The lowest BCUT2D eigenvalue weighted by Gasteiger charge is -2.31. The second-order valence-electron chi connectivity index (χ2n) is 4.93. The van der Waals surface area contributed by atoms with Crippen LogP contribution in [0.2, 0.25) is 0 Å². The molecular formula is C15H18N2O4. The number of nitrogens with one attached hydrogen (secondary N) is 1. The topological polar surface area (TPSA) is 75.7 Å². The number of esters is 1. The highest BCUT2D eigenvalue weighted by Gasteiger charge is 2.29. The van der Waals surface area contributed by atoms with Crippen molar-refractivity contribution in [3.63, 3.8) is 0 Å². The molecular weight excluding hydrogens is 272 g/mol. The van der Waals surface area contributed by atoms with E-state index in [0.29, 0.717) is 12.1 Å². The summed E-state index contributed by atoms with van der Waals surface area (Å²) in [5, 5.41) is 2.52. The molecule has 1 heterocycles.